The largest absolute Gasteiger partial charge is 0.352 e. The van der Waals surface area contributed by atoms with Gasteiger partial charge in [-0.1, -0.05) is 60.1 Å². The number of halogens is 1. The number of benzene rings is 2. The SMILES string of the molecule is CCN(CC)[C@H](CCCCNC(=O)c1ccccc1)C(=O)N/N=C/c1cccc(Br)c1. The second-order valence-corrected chi connectivity index (χ2v) is 8.06. The fraction of sp³-hybridized carbons (Fsp3) is 0.375. The van der Waals surface area contributed by atoms with Crippen molar-refractivity contribution in [1.82, 2.24) is 15.6 Å². The van der Waals surface area contributed by atoms with Crippen LogP contribution < -0.4 is 10.7 Å². The lowest BCUT2D eigenvalue weighted by atomic mass is 10.1. The van der Waals surface area contributed by atoms with Crippen LogP contribution in [0.1, 0.15) is 49.0 Å². The van der Waals surface area contributed by atoms with Crippen molar-refractivity contribution < 1.29 is 9.59 Å². The zero-order chi connectivity index (χ0) is 22.5. The van der Waals surface area contributed by atoms with Crippen LogP contribution >= 0.6 is 15.9 Å². The first-order valence-electron chi connectivity index (χ1n) is 10.7. The Morgan fingerprint density at radius 3 is 2.48 bits per heavy atom. The van der Waals surface area contributed by atoms with Crippen molar-refractivity contribution in [3.05, 3.63) is 70.2 Å². The molecule has 2 aromatic rings. The van der Waals surface area contributed by atoms with Gasteiger partial charge in [-0.3, -0.25) is 14.5 Å². The summed E-state index contributed by atoms with van der Waals surface area (Å²) in [6.07, 6.45) is 3.99. The molecule has 1 atom stereocenters. The summed E-state index contributed by atoms with van der Waals surface area (Å²) >= 11 is 3.43. The molecule has 2 N–H and O–H groups in total. The van der Waals surface area contributed by atoms with Gasteiger partial charge in [0, 0.05) is 16.6 Å². The Hall–Kier alpha value is -2.51. The van der Waals surface area contributed by atoms with E-state index in [0.29, 0.717) is 18.5 Å². The number of rotatable bonds is 12. The molecule has 0 spiro atoms. The van der Waals surface area contributed by atoms with E-state index in [1.807, 2.05) is 42.5 Å². The maximum absolute atomic E-state index is 12.8. The number of unbranched alkanes of at least 4 members (excludes halogenated alkanes) is 1. The maximum atomic E-state index is 12.8. The standard InChI is InChI=1S/C24H31BrN4O2/c1-3-29(4-2)22(24(31)28-27-18-19-11-10-14-21(25)17-19)15-8-9-16-26-23(30)20-12-6-5-7-13-20/h5-7,10-14,17-18,22H,3-4,8-9,15-16H2,1-2H3,(H,26,30)(H,28,31)/b27-18+/t22-/m1/s1. The van der Waals surface area contributed by atoms with Gasteiger partial charge in [0.15, 0.2) is 0 Å². The molecule has 0 saturated heterocycles. The van der Waals surface area contributed by atoms with Crippen LogP contribution in [0.3, 0.4) is 0 Å². The molecule has 2 rings (SSSR count). The predicted molar refractivity (Wildman–Crippen MR) is 129 cm³/mol. The number of carbonyl (C=O) groups is 2. The minimum absolute atomic E-state index is 0.0690. The van der Waals surface area contributed by atoms with E-state index in [1.165, 1.54) is 0 Å². The van der Waals surface area contributed by atoms with Crippen molar-refractivity contribution in [2.24, 2.45) is 5.10 Å². The molecule has 31 heavy (non-hydrogen) atoms. The van der Waals surface area contributed by atoms with Gasteiger partial charge in [-0.05, 0) is 62.2 Å². The Bertz CT molecular complexity index is 854. The number of hydrogen-bond donors (Lipinski definition) is 2. The molecular formula is C24H31BrN4O2. The molecule has 166 valence electrons. The third-order valence-electron chi connectivity index (χ3n) is 5.02. The molecular weight excluding hydrogens is 456 g/mol. The molecule has 0 bridgehead atoms. The molecule has 7 heteroatoms. The number of hydrogen-bond acceptors (Lipinski definition) is 4. The van der Waals surface area contributed by atoms with Gasteiger partial charge in [0.2, 0.25) is 0 Å². The Labute approximate surface area is 193 Å². The molecule has 0 saturated carbocycles. The summed E-state index contributed by atoms with van der Waals surface area (Å²) in [6.45, 7) is 6.26. The van der Waals surface area contributed by atoms with Crippen LogP contribution in [-0.4, -0.2) is 48.6 Å². The summed E-state index contributed by atoms with van der Waals surface area (Å²) in [5.41, 5.74) is 4.25. The normalized spacial score (nSPS) is 12.1. The van der Waals surface area contributed by atoms with Gasteiger partial charge in [-0.15, -0.1) is 0 Å². The number of likely N-dealkylation sites (N-methyl/N-ethyl adjacent to an activating group) is 1. The maximum Gasteiger partial charge on any atom is 0.257 e. The molecule has 6 nitrogen and oxygen atoms in total. The Balaban J connectivity index is 1.82. The number of nitrogens with one attached hydrogen (secondary N) is 2. The predicted octanol–water partition coefficient (Wildman–Crippen LogP) is 4.21. The second kappa shape index (κ2) is 13.7. The average Bonchev–Trinajstić information content (AvgIpc) is 2.78. The fourth-order valence-electron chi connectivity index (χ4n) is 3.33. The minimum atomic E-state index is -0.250. The Morgan fingerprint density at radius 2 is 1.81 bits per heavy atom. The summed E-state index contributed by atoms with van der Waals surface area (Å²) in [5.74, 6) is -0.177. The van der Waals surface area contributed by atoms with Crippen LogP contribution in [0.4, 0.5) is 0 Å². The van der Waals surface area contributed by atoms with Gasteiger partial charge in [-0.2, -0.15) is 5.10 Å². The summed E-state index contributed by atoms with van der Waals surface area (Å²) in [5, 5.41) is 7.06. The van der Waals surface area contributed by atoms with Crippen molar-refractivity contribution in [3.63, 3.8) is 0 Å². The summed E-state index contributed by atoms with van der Waals surface area (Å²) in [4.78, 5) is 27.0. The van der Waals surface area contributed by atoms with E-state index < -0.39 is 0 Å². The number of hydrazone groups is 1. The zero-order valence-electron chi connectivity index (χ0n) is 18.2. The first-order valence-corrected chi connectivity index (χ1v) is 11.5. The van der Waals surface area contributed by atoms with E-state index in [9.17, 15) is 9.59 Å². The van der Waals surface area contributed by atoms with Crippen molar-refractivity contribution >= 4 is 34.0 Å². The van der Waals surface area contributed by atoms with E-state index >= 15 is 0 Å². The highest BCUT2D eigenvalue weighted by molar-refractivity contribution is 9.10. The molecule has 2 amide bonds. The van der Waals surface area contributed by atoms with Crippen LogP contribution in [0.15, 0.2) is 64.2 Å². The van der Waals surface area contributed by atoms with E-state index in [2.05, 4.69) is 50.5 Å². The number of nitrogens with zero attached hydrogens (tertiary/aromatic N) is 2. The Kier molecular flexibility index (Phi) is 11.0. The first-order chi connectivity index (χ1) is 15.0. The van der Waals surface area contributed by atoms with Crippen LogP contribution in [0, 0.1) is 0 Å². The van der Waals surface area contributed by atoms with Gasteiger partial charge in [0.25, 0.3) is 11.8 Å². The van der Waals surface area contributed by atoms with E-state index in [4.69, 9.17) is 0 Å². The van der Waals surface area contributed by atoms with Crippen molar-refractivity contribution in [1.29, 1.82) is 0 Å². The topological polar surface area (TPSA) is 73.8 Å². The number of carbonyl (C=O) groups excluding carboxylic acids is 2. The molecule has 0 aliphatic heterocycles. The third-order valence-corrected chi connectivity index (χ3v) is 5.51. The number of amides is 2. The van der Waals surface area contributed by atoms with E-state index in [0.717, 1.165) is 36.0 Å². The van der Waals surface area contributed by atoms with Gasteiger partial charge < -0.3 is 5.32 Å². The second-order valence-electron chi connectivity index (χ2n) is 7.14. The average molecular weight is 487 g/mol. The third kappa shape index (κ3) is 8.63. The molecule has 0 radical (unpaired) electrons. The smallest absolute Gasteiger partial charge is 0.257 e. The lowest BCUT2D eigenvalue weighted by molar-refractivity contribution is -0.126. The van der Waals surface area contributed by atoms with Crippen molar-refractivity contribution in [2.45, 2.75) is 39.2 Å². The van der Waals surface area contributed by atoms with E-state index in [1.54, 1.807) is 18.3 Å². The van der Waals surface area contributed by atoms with Gasteiger partial charge in [-0.25, -0.2) is 5.43 Å². The van der Waals surface area contributed by atoms with Crippen LogP contribution in [0.25, 0.3) is 0 Å². The highest BCUT2D eigenvalue weighted by Crippen LogP contribution is 2.11. The van der Waals surface area contributed by atoms with E-state index in [-0.39, 0.29) is 17.9 Å². The molecule has 0 aromatic heterocycles. The highest BCUT2D eigenvalue weighted by atomic mass is 79.9. The highest BCUT2D eigenvalue weighted by Gasteiger charge is 2.23. The molecule has 0 aliphatic carbocycles. The molecule has 0 aliphatic rings. The van der Waals surface area contributed by atoms with Crippen molar-refractivity contribution in [2.75, 3.05) is 19.6 Å². The fourth-order valence-corrected chi connectivity index (χ4v) is 3.75. The zero-order valence-corrected chi connectivity index (χ0v) is 19.8. The van der Waals surface area contributed by atoms with Gasteiger partial charge in [0.1, 0.15) is 0 Å². The summed E-state index contributed by atoms with van der Waals surface area (Å²) in [7, 11) is 0. The van der Waals surface area contributed by atoms with Crippen LogP contribution in [0.5, 0.6) is 0 Å². The quantitative estimate of drug-likeness (QED) is 0.268. The Morgan fingerprint density at radius 1 is 1.06 bits per heavy atom. The summed E-state index contributed by atoms with van der Waals surface area (Å²) in [6, 6.07) is 16.6. The van der Waals surface area contributed by atoms with Gasteiger partial charge >= 0.3 is 0 Å². The monoisotopic (exact) mass is 486 g/mol. The molecule has 0 unspecified atom stereocenters. The minimum Gasteiger partial charge on any atom is -0.352 e. The van der Waals surface area contributed by atoms with Crippen LogP contribution in [0.2, 0.25) is 0 Å². The van der Waals surface area contributed by atoms with Crippen LogP contribution in [-0.2, 0) is 4.79 Å². The molecule has 2 aromatic carbocycles. The van der Waals surface area contributed by atoms with Crippen molar-refractivity contribution in [3.8, 4) is 0 Å². The lowest BCUT2D eigenvalue weighted by Gasteiger charge is -2.28. The van der Waals surface area contributed by atoms with Gasteiger partial charge in [0.05, 0.1) is 12.3 Å². The first kappa shape index (κ1) is 24.8. The molecule has 0 heterocycles. The summed E-state index contributed by atoms with van der Waals surface area (Å²) < 4.78 is 0.961. The lowest BCUT2D eigenvalue weighted by Crippen LogP contribution is -2.45. The molecule has 0 fully saturated rings.